The van der Waals surface area contributed by atoms with Crippen LogP contribution in [0.5, 0.6) is 0 Å². The van der Waals surface area contributed by atoms with E-state index in [2.05, 4.69) is 4.89 Å². The van der Waals surface area contributed by atoms with Crippen LogP contribution in [-0.4, -0.2) is 18.5 Å². The monoisotopic (exact) mass is 144 g/mol. The molecule has 3 nitrogen and oxygen atoms in total. The highest BCUT2D eigenvalue weighted by Crippen LogP contribution is 2.11. The normalized spacial score (nSPS) is 26.3. The molecule has 1 saturated heterocycles. The second kappa shape index (κ2) is 3.68. The molecule has 10 heavy (non-hydrogen) atoms. The Hall–Kier alpha value is -0.410. The number of hydrogen-bond donors (Lipinski definition) is 0. The second-order valence-electron chi connectivity index (χ2n) is 2.37. The Bertz CT molecular complexity index is 116. The molecule has 0 radical (unpaired) electrons. The average molecular weight is 144 g/mol. The van der Waals surface area contributed by atoms with Crippen molar-refractivity contribution in [2.24, 2.45) is 0 Å². The fraction of sp³-hybridized carbons (Fsp3) is 0.857. The van der Waals surface area contributed by atoms with Gasteiger partial charge in [0.15, 0.2) is 11.9 Å². The van der Waals surface area contributed by atoms with Gasteiger partial charge in [0.2, 0.25) is 0 Å². The summed E-state index contributed by atoms with van der Waals surface area (Å²) in [5.41, 5.74) is 0. The van der Waals surface area contributed by atoms with Crippen molar-refractivity contribution >= 4 is 5.78 Å². The largest absolute Gasteiger partial charge is 0.297 e. The van der Waals surface area contributed by atoms with Crippen LogP contribution in [0.4, 0.5) is 0 Å². The number of carbonyl (C=O) groups is 1. The smallest absolute Gasteiger partial charge is 0.164 e. The minimum Gasteiger partial charge on any atom is -0.297 e. The van der Waals surface area contributed by atoms with Crippen LogP contribution in [-0.2, 0) is 14.6 Å². The molecule has 58 valence electrons. The van der Waals surface area contributed by atoms with Crippen LogP contribution in [0.2, 0.25) is 0 Å². The molecule has 1 aliphatic rings. The summed E-state index contributed by atoms with van der Waals surface area (Å²) < 4.78 is 0. The molecule has 0 bridgehead atoms. The van der Waals surface area contributed by atoms with Crippen molar-refractivity contribution in [3.63, 3.8) is 0 Å². The standard InChI is InChI=1S/C7H12O3/c1-2-6(8)7-4-3-5-9-10-7/h7H,2-5H2,1H3. The van der Waals surface area contributed by atoms with Gasteiger partial charge in [0.1, 0.15) is 0 Å². The molecule has 3 heteroatoms. The highest BCUT2D eigenvalue weighted by molar-refractivity contribution is 5.82. The first-order valence-electron chi connectivity index (χ1n) is 3.65. The maximum atomic E-state index is 11.0. The summed E-state index contributed by atoms with van der Waals surface area (Å²) in [5.74, 6) is 0.139. The number of carbonyl (C=O) groups excluding carboxylic acids is 1. The first-order valence-corrected chi connectivity index (χ1v) is 3.65. The third-order valence-corrected chi connectivity index (χ3v) is 1.59. The van der Waals surface area contributed by atoms with Gasteiger partial charge < -0.3 is 0 Å². The van der Waals surface area contributed by atoms with Gasteiger partial charge in [-0.05, 0) is 12.8 Å². The van der Waals surface area contributed by atoms with Crippen LogP contribution < -0.4 is 0 Å². The number of Topliss-reactive ketones (excluding diaryl/α,β-unsaturated/α-hetero) is 1. The lowest BCUT2D eigenvalue weighted by Gasteiger charge is -2.18. The molecule has 1 unspecified atom stereocenters. The van der Waals surface area contributed by atoms with Crippen molar-refractivity contribution < 1.29 is 14.6 Å². The maximum Gasteiger partial charge on any atom is 0.164 e. The molecule has 0 amide bonds. The third kappa shape index (κ3) is 1.78. The zero-order valence-electron chi connectivity index (χ0n) is 6.13. The zero-order chi connectivity index (χ0) is 7.40. The van der Waals surface area contributed by atoms with Gasteiger partial charge in [-0.15, -0.1) is 0 Å². The highest BCUT2D eigenvalue weighted by Gasteiger charge is 2.21. The van der Waals surface area contributed by atoms with Crippen molar-refractivity contribution in [1.82, 2.24) is 0 Å². The van der Waals surface area contributed by atoms with Crippen molar-refractivity contribution in [2.75, 3.05) is 6.61 Å². The van der Waals surface area contributed by atoms with Gasteiger partial charge in [-0.1, -0.05) is 6.92 Å². The van der Waals surface area contributed by atoms with E-state index in [0.29, 0.717) is 13.0 Å². The Labute approximate surface area is 60.2 Å². The van der Waals surface area contributed by atoms with Crippen LogP contribution in [0.15, 0.2) is 0 Å². The van der Waals surface area contributed by atoms with E-state index in [1.54, 1.807) is 0 Å². The Morgan fingerprint density at radius 1 is 1.70 bits per heavy atom. The van der Waals surface area contributed by atoms with Crippen LogP contribution in [0, 0.1) is 0 Å². The van der Waals surface area contributed by atoms with Gasteiger partial charge in [0.25, 0.3) is 0 Å². The molecule has 0 N–H and O–H groups in total. The number of hydrogen-bond acceptors (Lipinski definition) is 3. The van der Waals surface area contributed by atoms with Crippen LogP contribution in [0.3, 0.4) is 0 Å². The van der Waals surface area contributed by atoms with Crippen molar-refractivity contribution in [1.29, 1.82) is 0 Å². The second-order valence-corrected chi connectivity index (χ2v) is 2.37. The van der Waals surface area contributed by atoms with E-state index >= 15 is 0 Å². The van der Waals surface area contributed by atoms with E-state index in [1.807, 2.05) is 6.92 Å². The van der Waals surface area contributed by atoms with E-state index in [9.17, 15) is 4.79 Å². The van der Waals surface area contributed by atoms with Crippen LogP contribution in [0.1, 0.15) is 26.2 Å². The molecule has 0 aliphatic carbocycles. The molecule has 1 atom stereocenters. The van der Waals surface area contributed by atoms with E-state index in [4.69, 9.17) is 4.89 Å². The van der Waals surface area contributed by atoms with Gasteiger partial charge >= 0.3 is 0 Å². The minimum absolute atomic E-state index is 0.139. The summed E-state index contributed by atoms with van der Waals surface area (Å²) in [5, 5.41) is 0. The predicted octanol–water partition coefficient (Wildman–Crippen LogP) is 1.08. The molecule has 1 fully saturated rings. The Balaban J connectivity index is 2.31. The first kappa shape index (κ1) is 7.69. The summed E-state index contributed by atoms with van der Waals surface area (Å²) in [7, 11) is 0. The van der Waals surface area contributed by atoms with Crippen molar-refractivity contribution in [3.8, 4) is 0 Å². The van der Waals surface area contributed by atoms with Gasteiger partial charge in [-0.3, -0.25) is 4.79 Å². The summed E-state index contributed by atoms with van der Waals surface area (Å²) in [6, 6.07) is 0. The molecular formula is C7H12O3. The molecule has 0 aromatic heterocycles. The molecular weight excluding hydrogens is 132 g/mol. The van der Waals surface area contributed by atoms with Crippen molar-refractivity contribution in [3.05, 3.63) is 0 Å². The molecule has 0 aromatic carbocycles. The molecule has 0 spiro atoms. The quantitative estimate of drug-likeness (QED) is 0.544. The van der Waals surface area contributed by atoms with E-state index in [-0.39, 0.29) is 11.9 Å². The number of rotatable bonds is 2. The fourth-order valence-corrected chi connectivity index (χ4v) is 0.948. The maximum absolute atomic E-state index is 11.0. The number of ketones is 1. The lowest BCUT2D eigenvalue weighted by Crippen LogP contribution is -2.28. The van der Waals surface area contributed by atoms with E-state index < -0.39 is 0 Å². The third-order valence-electron chi connectivity index (χ3n) is 1.59. The Kier molecular flexibility index (Phi) is 2.83. The lowest BCUT2D eigenvalue weighted by molar-refractivity contribution is -0.335. The SMILES string of the molecule is CCC(=O)C1CCCOO1. The summed E-state index contributed by atoms with van der Waals surface area (Å²) in [6.07, 6.45) is 1.98. The minimum atomic E-state index is -0.293. The van der Waals surface area contributed by atoms with E-state index in [1.165, 1.54) is 0 Å². The van der Waals surface area contributed by atoms with Crippen molar-refractivity contribution in [2.45, 2.75) is 32.3 Å². The molecule has 1 rings (SSSR count). The summed E-state index contributed by atoms with van der Waals surface area (Å²) in [6.45, 7) is 2.45. The predicted molar refractivity (Wildman–Crippen MR) is 35.4 cm³/mol. The van der Waals surface area contributed by atoms with Gasteiger partial charge in [-0.2, -0.15) is 0 Å². The lowest BCUT2D eigenvalue weighted by atomic mass is 10.1. The highest BCUT2D eigenvalue weighted by atomic mass is 17.2. The van der Waals surface area contributed by atoms with E-state index in [0.717, 1.165) is 12.8 Å². The topological polar surface area (TPSA) is 35.5 Å². The summed E-state index contributed by atoms with van der Waals surface area (Å²) in [4.78, 5) is 20.4. The molecule has 0 saturated carbocycles. The average Bonchev–Trinajstić information content (AvgIpc) is 2.05. The van der Waals surface area contributed by atoms with Gasteiger partial charge in [0, 0.05) is 6.42 Å². The summed E-state index contributed by atoms with van der Waals surface area (Å²) >= 11 is 0. The van der Waals surface area contributed by atoms with Crippen LogP contribution in [0.25, 0.3) is 0 Å². The van der Waals surface area contributed by atoms with Crippen LogP contribution >= 0.6 is 0 Å². The molecule has 1 aliphatic heterocycles. The fourth-order valence-electron chi connectivity index (χ4n) is 0.948. The molecule has 0 aromatic rings. The Morgan fingerprint density at radius 2 is 2.50 bits per heavy atom. The zero-order valence-corrected chi connectivity index (χ0v) is 6.13. The first-order chi connectivity index (χ1) is 4.84. The van der Waals surface area contributed by atoms with Gasteiger partial charge in [0.05, 0.1) is 6.61 Å². The Morgan fingerprint density at radius 3 is 3.00 bits per heavy atom. The van der Waals surface area contributed by atoms with Gasteiger partial charge in [-0.25, -0.2) is 9.78 Å². The molecule has 1 heterocycles.